The average Bonchev–Trinajstić information content (AvgIpc) is 3.16. The van der Waals surface area contributed by atoms with E-state index in [-0.39, 0.29) is 17.7 Å². The molecule has 0 spiro atoms. The first-order valence-corrected chi connectivity index (χ1v) is 8.85. The molecule has 1 N–H and O–H groups in total. The van der Waals surface area contributed by atoms with Gasteiger partial charge in [-0.3, -0.25) is 9.59 Å². The van der Waals surface area contributed by atoms with Gasteiger partial charge in [-0.1, -0.05) is 46.6 Å². The zero-order valence-electron chi connectivity index (χ0n) is 15.5. The minimum atomic E-state index is -0.493. The van der Waals surface area contributed by atoms with Crippen molar-refractivity contribution in [3.8, 4) is 11.3 Å². The van der Waals surface area contributed by atoms with Crippen LogP contribution in [0.5, 0.6) is 0 Å². The number of nitrogens with zero attached hydrogens (tertiary/aromatic N) is 1. The Labute approximate surface area is 160 Å². The lowest BCUT2D eigenvalue weighted by atomic mass is 10.1. The van der Waals surface area contributed by atoms with Crippen molar-refractivity contribution in [2.75, 3.05) is 0 Å². The van der Waals surface area contributed by atoms with Crippen LogP contribution in [0.4, 0.5) is 0 Å². The summed E-state index contributed by atoms with van der Waals surface area (Å²) in [5, 5.41) is 7.17. The van der Waals surface area contributed by atoms with Gasteiger partial charge in [0.25, 0.3) is 5.91 Å². The van der Waals surface area contributed by atoms with Crippen molar-refractivity contribution in [1.82, 2.24) is 10.5 Å². The number of aryl methyl sites for hydroxylation is 2. The Balaban J connectivity index is 1.49. The summed E-state index contributed by atoms with van der Waals surface area (Å²) < 4.78 is 10.9. The Morgan fingerprint density at radius 3 is 2.54 bits per heavy atom. The number of nitrogens with one attached hydrogen (secondary N) is 1. The lowest BCUT2D eigenvalue weighted by Crippen LogP contribution is -2.23. The number of amides is 1. The van der Waals surface area contributed by atoms with E-state index in [9.17, 15) is 9.59 Å². The molecule has 1 amide bonds. The fourth-order valence-electron chi connectivity index (χ4n) is 2.89. The Morgan fingerprint density at radius 1 is 1.00 bits per heavy atom. The number of rotatable bonds is 4. The molecule has 0 atom stereocenters. The highest BCUT2D eigenvalue weighted by atomic mass is 16.5. The first-order chi connectivity index (χ1) is 13.5. The second-order valence-corrected chi connectivity index (χ2v) is 6.70. The van der Waals surface area contributed by atoms with Crippen LogP contribution in [-0.4, -0.2) is 11.1 Å². The fourth-order valence-corrected chi connectivity index (χ4v) is 2.89. The minimum absolute atomic E-state index is 0.0420. The first kappa shape index (κ1) is 17.7. The van der Waals surface area contributed by atoms with Gasteiger partial charge in [0.15, 0.2) is 16.9 Å². The third-order valence-corrected chi connectivity index (χ3v) is 4.44. The molecule has 0 saturated heterocycles. The smallest absolute Gasteiger partial charge is 0.287 e. The number of carbonyl (C=O) groups is 1. The molecule has 6 nitrogen and oxygen atoms in total. The lowest BCUT2D eigenvalue weighted by molar-refractivity contribution is 0.0920. The Morgan fingerprint density at radius 2 is 1.75 bits per heavy atom. The molecule has 2 aromatic carbocycles. The van der Waals surface area contributed by atoms with Crippen LogP contribution < -0.4 is 10.7 Å². The summed E-state index contributed by atoms with van der Waals surface area (Å²) in [6, 6.07) is 16.1. The Hall–Kier alpha value is -3.67. The maximum atomic E-state index is 12.4. The second-order valence-electron chi connectivity index (χ2n) is 6.70. The number of hydrogen-bond donors (Lipinski definition) is 1. The normalized spacial score (nSPS) is 10.9. The summed E-state index contributed by atoms with van der Waals surface area (Å²) >= 11 is 0. The molecule has 0 saturated carbocycles. The van der Waals surface area contributed by atoms with Gasteiger partial charge in [0.1, 0.15) is 11.3 Å². The van der Waals surface area contributed by atoms with Gasteiger partial charge in [0.05, 0.1) is 11.9 Å². The minimum Gasteiger partial charge on any atom is -0.451 e. The van der Waals surface area contributed by atoms with Crippen molar-refractivity contribution in [3.05, 3.63) is 87.5 Å². The van der Waals surface area contributed by atoms with E-state index in [0.29, 0.717) is 22.4 Å². The molecule has 2 heterocycles. The molecule has 0 bridgehead atoms. The topological polar surface area (TPSA) is 85.3 Å². The monoisotopic (exact) mass is 374 g/mol. The molecule has 0 fully saturated rings. The van der Waals surface area contributed by atoms with E-state index in [4.69, 9.17) is 8.94 Å². The van der Waals surface area contributed by atoms with Crippen LogP contribution in [0.2, 0.25) is 0 Å². The summed E-state index contributed by atoms with van der Waals surface area (Å²) in [5.74, 6) is -0.0322. The molecule has 0 unspecified atom stereocenters. The van der Waals surface area contributed by atoms with Crippen LogP contribution in [0, 0.1) is 13.8 Å². The standard InChI is InChI=1S/C22H18N2O4/c1-13-3-6-15(7-4-13)18-10-16(28-24-18)12-23-22(26)21-11-19(25)17-9-14(2)5-8-20(17)27-21/h3-11H,12H2,1-2H3,(H,23,26). The highest BCUT2D eigenvalue weighted by molar-refractivity contribution is 5.93. The van der Waals surface area contributed by atoms with Crippen LogP contribution in [-0.2, 0) is 6.54 Å². The molecule has 0 radical (unpaired) electrons. The third-order valence-electron chi connectivity index (χ3n) is 4.44. The molecule has 28 heavy (non-hydrogen) atoms. The van der Waals surface area contributed by atoms with Gasteiger partial charge in [-0.05, 0) is 26.0 Å². The van der Waals surface area contributed by atoms with Gasteiger partial charge >= 0.3 is 0 Å². The molecule has 0 aliphatic carbocycles. The van der Waals surface area contributed by atoms with E-state index in [1.54, 1.807) is 18.2 Å². The number of benzene rings is 2. The van der Waals surface area contributed by atoms with Crippen molar-refractivity contribution >= 4 is 16.9 Å². The number of aromatic nitrogens is 1. The van der Waals surface area contributed by atoms with E-state index in [1.807, 2.05) is 44.2 Å². The van der Waals surface area contributed by atoms with Crippen LogP contribution in [0.25, 0.3) is 22.2 Å². The molecule has 140 valence electrons. The zero-order chi connectivity index (χ0) is 19.7. The molecule has 2 aromatic heterocycles. The van der Waals surface area contributed by atoms with Crippen molar-refractivity contribution in [1.29, 1.82) is 0 Å². The number of carbonyl (C=O) groups excluding carboxylic acids is 1. The first-order valence-electron chi connectivity index (χ1n) is 8.85. The van der Waals surface area contributed by atoms with Gasteiger partial charge in [-0.2, -0.15) is 0 Å². The summed E-state index contributed by atoms with van der Waals surface area (Å²) in [6.07, 6.45) is 0. The second kappa shape index (κ2) is 7.15. The van der Waals surface area contributed by atoms with Gasteiger partial charge < -0.3 is 14.3 Å². The van der Waals surface area contributed by atoms with Crippen molar-refractivity contribution < 1.29 is 13.7 Å². The molecule has 4 aromatic rings. The van der Waals surface area contributed by atoms with E-state index >= 15 is 0 Å². The number of fused-ring (bicyclic) bond motifs is 1. The van der Waals surface area contributed by atoms with E-state index in [2.05, 4.69) is 10.5 Å². The number of hydrogen-bond acceptors (Lipinski definition) is 5. The van der Waals surface area contributed by atoms with Gasteiger partial charge in [0.2, 0.25) is 0 Å². The Bertz CT molecular complexity index is 1220. The predicted molar refractivity (Wildman–Crippen MR) is 105 cm³/mol. The summed E-state index contributed by atoms with van der Waals surface area (Å²) in [5.41, 5.74) is 3.86. The van der Waals surface area contributed by atoms with Crippen molar-refractivity contribution in [2.24, 2.45) is 0 Å². The molecular formula is C22H18N2O4. The molecule has 6 heteroatoms. The van der Waals surface area contributed by atoms with Crippen LogP contribution in [0.1, 0.15) is 27.4 Å². The van der Waals surface area contributed by atoms with Crippen molar-refractivity contribution in [3.63, 3.8) is 0 Å². The molecule has 0 aliphatic heterocycles. The van der Waals surface area contributed by atoms with Gasteiger partial charge in [0, 0.05) is 17.7 Å². The van der Waals surface area contributed by atoms with Gasteiger partial charge in [-0.25, -0.2) is 0 Å². The summed E-state index contributed by atoms with van der Waals surface area (Å²) in [7, 11) is 0. The largest absolute Gasteiger partial charge is 0.451 e. The highest BCUT2D eigenvalue weighted by Gasteiger charge is 2.14. The summed E-state index contributed by atoms with van der Waals surface area (Å²) in [6.45, 7) is 4.04. The molecule has 0 aliphatic rings. The molecule has 4 rings (SSSR count). The lowest BCUT2D eigenvalue weighted by Gasteiger charge is -2.04. The highest BCUT2D eigenvalue weighted by Crippen LogP contribution is 2.20. The Kier molecular flexibility index (Phi) is 4.53. The fraction of sp³-hybridized carbons (Fsp3) is 0.136. The maximum absolute atomic E-state index is 12.4. The van der Waals surface area contributed by atoms with Gasteiger partial charge in [-0.15, -0.1) is 0 Å². The quantitative estimate of drug-likeness (QED) is 0.584. The SMILES string of the molecule is Cc1ccc(-c2cc(CNC(=O)c3cc(=O)c4cc(C)ccc4o3)on2)cc1. The molecular weight excluding hydrogens is 356 g/mol. The van der Waals surface area contributed by atoms with Crippen LogP contribution in [0.15, 0.2) is 68.3 Å². The van der Waals surface area contributed by atoms with Crippen molar-refractivity contribution in [2.45, 2.75) is 20.4 Å². The van der Waals surface area contributed by atoms with Crippen LogP contribution >= 0.6 is 0 Å². The summed E-state index contributed by atoms with van der Waals surface area (Å²) in [4.78, 5) is 24.6. The van der Waals surface area contributed by atoms with E-state index in [0.717, 1.165) is 16.7 Å². The average molecular weight is 374 g/mol. The maximum Gasteiger partial charge on any atom is 0.287 e. The van der Waals surface area contributed by atoms with Crippen LogP contribution in [0.3, 0.4) is 0 Å². The third kappa shape index (κ3) is 3.57. The van der Waals surface area contributed by atoms with E-state index < -0.39 is 5.91 Å². The predicted octanol–water partition coefficient (Wildman–Crippen LogP) is 3.99. The van der Waals surface area contributed by atoms with E-state index in [1.165, 1.54) is 6.07 Å². The zero-order valence-corrected chi connectivity index (χ0v) is 15.5.